The summed E-state index contributed by atoms with van der Waals surface area (Å²) in [6.45, 7) is 2.62. The van der Waals surface area contributed by atoms with Crippen LogP contribution in [0.15, 0.2) is 46.8 Å². The topological polar surface area (TPSA) is 128 Å². The van der Waals surface area contributed by atoms with Gasteiger partial charge in [-0.25, -0.2) is 14.8 Å². The maximum Gasteiger partial charge on any atom is 0.395 e. The molecule has 0 atom stereocenters. The van der Waals surface area contributed by atoms with Crippen molar-refractivity contribution < 1.29 is 23.1 Å². The number of hydrogen-bond acceptors (Lipinski definition) is 9. The van der Waals surface area contributed by atoms with E-state index < -0.39 is 23.1 Å². The maximum atomic E-state index is 14.0. The second-order valence-electron chi connectivity index (χ2n) is 13.6. The Balaban J connectivity index is 1.15. The summed E-state index contributed by atoms with van der Waals surface area (Å²) in [7, 11) is 1.79. The van der Waals surface area contributed by atoms with Crippen molar-refractivity contribution in [3.05, 3.63) is 79.9 Å². The molecule has 2 aliphatic rings. The van der Waals surface area contributed by atoms with E-state index >= 15 is 0 Å². The van der Waals surface area contributed by atoms with Crippen LogP contribution in [0.5, 0.6) is 0 Å². The van der Waals surface area contributed by atoms with E-state index in [1.165, 1.54) is 28.3 Å². The van der Waals surface area contributed by atoms with Gasteiger partial charge in [0.15, 0.2) is 0 Å². The highest BCUT2D eigenvalue weighted by molar-refractivity contribution is 7.18. The van der Waals surface area contributed by atoms with Gasteiger partial charge in [0.05, 0.1) is 44.8 Å². The molecule has 1 aromatic carbocycles. The van der Waals surface area contributed by atoms with Crippen molar-refractivity contribution in [1.82, 2.24) is 24.4 Å². The summed E-state index contributed by atoms with van der Waals surface area (Å²) in [5, 5.41) is 22.1. The molecule has 7 rings (SSSR count). The maximum absolute atomic E-state index is 14.0. The van der Waals surface area contributed by atoms with Crippen LogP contribution in [0.25, 0.3) is 32.2 Å². The number of rotatable bonds is 7. The fraction of sp³-hybridized carbons (Fsp3) is 0.368. The number of likely N-dealkylation sites (tertiary alicyclic amines) is 1. The first-order valence-electron chi connectivity index (χ1n) is 17.0. The smallest absolute Gasteiger partial charge is 0.395 e. The van der Waals surface area contributed by atoms with E-state index in [-0.39, 0.29) is 54.0 Å². The highest BCUT2D eigenvalue weighted by Gasteiger charge is 2.58. The van der Waals surface area contributed by atoms with Crippen molar-refractivity contribution in [3.63, 3.8) is 0 Å². The molecule has 0 spiro atoms. The van der Waals surface area contributed by atoms with E-state index in [4.69, 9.17) is 11.6 Å². The van der Waals surface area contributed by atoms with Crippen molar-refractivity contribution in [3.8, 4) is 29.0 Å². The van der Waals surface area contributed by atoms with Gasteiger partial charge >= 0.3 is 12.1 Å². The van der Waals surface area contributed by atoms with Crippen LogP contribution in [0.1, 0.15) is 59.4 Å². The standard InChI is InChI=1S/C38H33ClF3N7O3S/c1-22-46-30-19-45-34(47(2)25-9-15-48(16-10-25)21-37(11-4-12-37)38(40,41)42)28(18-43)31(30)35(50)49(22)14-3-5-23-6-7-24(39)17-27(23)26-8-13-44-32-29(36(51)52)20-53-33(26)32/h6-8,13,17,19-20,25H,4,9-12,14-16,21H2,1-2H3,(H,51,52). The van der Waals surface area contributed by atoms with Crippen LogP contribution in [0, 0.1) is 35.5 Å². The number of hydrogen-bond donors (Lipinski definition) is 1. The molecule has 1 saturated heterocycles. The Hall–Kier alpha value is -5.02. The number of alkyl halides is 3. The molecule has 1 aliphatic carbocycles. The molecule has 1 aliphatic heterocycles. The summed E-state index contributed by atoms with van der Waals surface area (Å²) in [5.41, 5.74) is 0.758. The molecule has 1 N–H and O–H groups in total. The number of benzene rings is 1. The number of nitriles is 1. The van der Waals surface area contributed by atoms with E-state index in [0.29, 0.717) is 70.4 Å². The number of carbonyl (C=O) groups is 1. The van der Waals surface area contributed by atoms with Gasteiger partial charge in [-0.05, 0) is 56.9 Å². The first kappa shape index (κ1) is 36.3. The zero-order chi connectivity index (χ0) is 37.7. The lowest BCUT2D eigenvalue weighted by Crippen LogP contribution is -2.54. The van der Waals surface area contributed by atoms with Gasteiger partial charge < -0.3 is 14.9 Å². The lowest BCUT2D eigenvalue weighted by atomic mass is 9.67. The molecule has 0 radical (unpaired) electrons. The van der Waals surface area contributed by atoms with Crippen molar-refractivity contribution in [2.24, 2.45) is 5.41 Å². The lowest BCUT2D eigenvalue weighted by Gasteiger charge is -2.47. The molecule has 10 nitrogen and oxygen atoms in total. The van der Waals surface area contributed by atoms with Gasteiger partial charge in [-0.2, -0.15) is 18.4 Å². The third-order valence-corrected chi connectivity index (χ3v) is 11.8. The van der Waals surface area contributed by atoms with Crippen LogP contribution in [0.4, 0.5) is 19.0 Å². The number of carboxylic acid groups (broad SMARTS) is 1. The van der Waals surface area contributed by atoms with Gasteiger partial charge in [0.1, 0.15) is 23.3 Å². The van der Waals surface area contributed by atoms with Crippen LogP contribution in [-0.4, -0.2) is 74.4 Å². The number of anilines is 1. The number of carboxylic acids is 1. The summed E-state index contributed by atoms with van der Waals surface area (Å²) in [6.07, 6.45) is 0.909. The summed E-state index contributed by atoms with van der Waals surface area (Å²) in [6, 6.07) is 9.06. The van der Waals surface area contributed by atoms with Crippen LogP contribution >= 0.6 is 22.9 Å². The van der Waals surface area contributed by atoms with E-state index in [1.54, 1.807) is 43.6 Å². The minimum atomic E-state index is -4.22. The Morgan fingerprint density at radius 2 is 1.94 bits per heavy atom. The molecule has 1 saturated carbocycles. The van der Waals surface area contributed by atoms with Crippen LogP contribution in [0.2, 0.25) is 5.02 Å². The average molecular weight is 760 g/mol. The number of thiophene rings is 1. The Kier molecular flexibility index (Phi) is 9.66. The first-order valence-corrected chi connectivity index (χ1v) is 18.3. The van der Waals surface area contributed by atoms with E-state index in [0.717, 1.165) is 5.56 Å². The average Bonchev–Trinajstić information content (AvgIpc) is 3.56. The number of aromatic carboxylic acids is 1. The first-order chi connectivity index (χ1) is 25.3. The molecule has 53 heavy (non-hydrogen) atoms. The van der Waals surface area contributed by atoms with Crippen LogP contribution in [-0.2, 0) is 6.54 Å². The Labute approximate surface area is 311 Å². The van der Waals surface area contributed by atoms with Gasteiger partial charge in [0.2, 0.25) is 0 Å². The fourth-order valence-electron chi connectivity index (χ4n) is 7.43. The number of fused-ring (bicyclic) bond motifs is 2. The number of pyridine rings is 2. The van der Waals surface area contributed by atoms with Gasteiger partial charge in [-0.1, -0.05) is 29.9 Å². The monoisotopic (exact) mass is 759 g/mol. The number of nitrogens with zero attached hydrogens (tertiary/aromatic N) is 7. The fourth-order valence-corrected chi connectivity index (χ4v) is 8.63. The third kappa shape index (κ3) is 6.60. The predicted molar refractivity (Wildman–Crippen MR) is 197 cm³/mol. The third-order valence-electron chi connectivity index (χ3n) is 10.6. The second kappa shape index (κ2) is 14.1. The SMILES string of the molecule is Cc1nc2cnc(N(C)C3CCN(CC4(C(F)(F)F)CCC4)CC3)c(C#N)c2c(=O)n1CC#Cc1ccc(Cl)cc1-c1ccnc2c(C(=O)O)csc12. The van der Waals surface area contributed by atoms with Gasteiger partial charge in [0.25, 0.3) is 5.56 Å². The molecule has 0 amide bonds. The summed E-state index contributed by atoms with van der Waals surface area (Å²) in [5.74, 6) is 5.83. The minimum Gasteiger partial charge on any atom is -0.478 e. The Morgan fingerprint density at radius 1 is 1.19 bits per heavy atom. The Bertz CT molecular complexity index is 2430. The van der Waals surface area contributed by atoms with Crippen LogP contribution < -0.4 is 10.5 Å². The van der Waals surface area contributed by atoms with Crippen molar-refractivity contribution >= 4 is 55.8 Å². The quantitative estimate of drug-likeness (QED) is 0.170. The second-order valence-corrected chi connectivity index (χ2v) is 14.9. The summed E-state index contributed by atoms with van der Waals surface area (Å²) < 4.78 is 43.5. The molecular weight excluding hydrogens is 727 g/mol. The molecule has 0 bridgehead atoms. The number of piperidine rings is 1. The highest BCUT2D eigenvalue weighted by Crippen LogP contribution is 2.53. The number of aromatic nitrogens is 4. The number of aryl methyl sites for hydroxylation is 1. The summed E-state index contributed by atoms with van der Waals surface area (Å²) >= 11 is 7.65. The predicted octanol–water partition coefficient (Wildman–Crippen LogP) is 7.28. The summed E-state index contributed by atoms with van der Waals surface area (Å²) in [4.78, 5) is 42.9. The van der Waals surface area contributed by atoms with E-state index in [2.05, 4.69) is 32.9 Å². The lowest BCUT2D eigenvalue weighted by molar-refractivity contribution is -0.256. The normalized spacial score (nSPS) is 16.2. The molecule has 5 heterocycles. The molecule has 2 fully saturated rings. The zero-order valence-electron chi connectivity index (χ0n) is 28.8. The van der Waals surface area contributed by atoms with E-state index in [1.807, 2.05) is 9.80 Å². The number of halogens is 4. The molecule has 15 heteroatoms. The van der Waals surface area contributed by atoms with Gasteiger partial charge in [0, 0.05) is 66.0 Å². The molecule has 4 aromatic heterocycles. The van der Waals surface area contributed by atoms with Crippen LogP contribution in [0.3, 0.4) is 0 Å². The molecular formula is C38H33ClF3N7O3S. The van der Waals surface area contributed by atoms with Crippen molar-refractivity contribution in [2.75, 3.05) is 31.6 Å². The highest BCUT2D eigenvalue weighted by atomic mass is 35.5. The largest absolute Gasteiger partial charge is 0.478 e. The minimum absolute atomic E-state index is 0.00722. The molecule has 272 valence electrons. The Morgan fingerprint density at radius 3 is 2.60 bits per heavy atom. The van der Waals surface area contributed by atoms with Crippen molar-refractivity contribution in [2.45, 2.75) is 57.8 Å². The zero-order valence-corrected chi connectivity index (χ0v) is 30.4. The van der Waals surface area contributed by atoms with Crippen molar-refractivity contribution in [1.29, 1.82) is 5.26 Å². The van der Waals surface area contributed by atoms with Gasteiger partial charge in [-0.15, -0.1) is 11.3 Å². The molecule has 5 aromatic rings. The van der Waals surface area contributed by atoms with Gasteiger partial charge in [-0.3, -0.25) is 14.3 Å². The van der Waals surface area contributed by atoms with E-state index in [9.17, 15) is 33.1 Å². The molecule has 0 unspecified atom stereocenters.